The van der Waals surface area contributed by atoms with Gasteiger partial charge >= 0.3 is 0 Å². The van der Waals surface area contributed by atoms with Gasteiger partial charge in [0.15, 0.2) is 0 Å². The van der Waals surface area contributed by atoms with Crippen LogP contribution in [0.5, 0.6) is 0 Å². The van der Waals surface area contributed by atoms with E-state index >= 15 is 0 Å². The predicted molar refractivity (Wildman–Crippen MR) is 117 cm³/mol. The number of aromatic amines is 1. The highest BCUT2D eigenvalue weighted by Gasteiger charge is 2.22. The number of H-pyrrole nitrogens is 1. The number of aromatic nitrogens is 1. The van der Waals surface area contributed by atoms with E-state index in [4.69, 9.17) is 0 Å². The summed E-state index contributed by atoms with van der Waals surface area (Å²) in [5.41, 5.74) is 5.65. The summed E-state index contributed by atoms with van der Waals surface area (Å²) in [6.45, 7) is 6.83. The number of fused-ring (bicyclic) bond motifs is 3. The minimum atomic E-state index is 0.609. The number of nitrogens with zero attached hydrogens (tertiary/aromatic N) is 2. The molecule has 2 aliphatic rings. The van der Waals surface area contributed by atoms with Crippen LogP contribution < -0.4 is 10.2 Å². The fourth-order valence-electron chi connectivity index (χ4n) is 4.84. The standard InChI is InChI=1S/C24H30N4/c1-2-6-20(7-3-1)28-16-14-27(15-17-28)13-12-25-19-10-11-24-22(18-19)21-8-4-5-9-23(21)26-24/h1-9,19,25-26H,10-18H2/t19-/m1/s1. The van der Waals surface area contributed by atoms with Gasteiger partial charge in [-0.05, 0) is 43.0 Å². The molecule has 28 heavy (non-hydrogen) atoms. The van der Waals surface area contributed by atoms with E-state index in [1.807, 2.05) is 0 Å². The molecule has 0 radical (unpaired) electrons. The second-order valence-corrected chi connectivity index (χ2v) is 8.19. The Kier molecular flexibility index (Phi) is 5.06. The van der Waals surface area contributed by atoms with Crippen LogP contribution in [0.1, 0.15) is 17.7 Å². The predicted octanol–water partition coefficient (Wildman–Crippen LogP) is 3.44. The van der Waals surface area contributed by atoms with Crippen LogP contribution >= 0.6 is 0 Å². The molecule has 2 N–H and O–H groups in total. The normalized spacial score (nSPS) is 20.4. The second-order valence-electron chi connectivity index (χ2n) is 8.19. The van der Waals surface area contributed by atoms with Crippen molar-refractivity contribution in [2.24, 2.45) is 0 Å². The van der Waals surface area contributed by atoms with Gasteiger partial charge in [-0.2, -0.15) is 0 Å². The highest BCUT2D eigenvalue weighted by atomic mass is 15.3. The van der Waals surface area contributed by atoms with E-state index in [-0.39, 0.29) is 0 Å². The third kappa shape index (κ3) is 3.67. The summed E-state index contributed by atoms with van der Waals surface area (Å²) in [5, 5.41) is 5.26. The molecular weight excluding hydrogens is 344 g/mol. The Bertz CT molecular complexity index is 909. The summed E-state index contributed by atoms with van der Waals surface area (Å²) < 4.78 is 0. The van der Waals surface area contributed by atoms with E-state index in [9.17, 15) is 0 Å². The number of hydrogen-bond acceptors (Lipinski definition) is 3. The average molecular weight is 375 g/mol. The Labute approximate surface area is 167 Å². The zero-order chi connectivity index (χ0) is 18.8. The number of para-hydroxylation sites is 2. The van der Waals surface area contributed by atoms with Crippen LogP contribution in [0.2, 0.25) is 0 Å². The molecule has 4 heteroatoms. The maximum atomic E-state index is 3.84. The highest BCUT2D eigenvalue weighted by Crippen LogP contribution is 2.29. The molecule has 0 saturated carbocycles. The molecule has 2 aromatic carbocycles. The van der Waals surface area contributed by atoms with E-state index in [1.54, 1.807) is 0 Å². The molecule has 1 fully saturated rings. The van der Waals surface area contributed by atoms with E-state index in [1.165, 1.54) is 34.3 Å². The van der Waals surface area contributed by atoms with Gasteiger partial charge in [-0.25, -0.2) is 0 Å². The SMILES string of the molecule is c1ccc(N2CCN(CCN[C@@H]3CCc4[nH]c5ccccc5c4C3)CC2)cc1. The first-order valence-electron chi connectivity index (χ1n) is 10.7. The third-order valence-electron chi connectivity index (χ3n) is 6.45. The van der Waals surface area contributed by atoms with Gasteiger partial charge in [-0.1, -0.05) is 36.4 Å². The van der Waals surface area contributed by atoms with E-state index in [2.05, 4.69) is 74.7 Å². The minimum absolute atomic E-state index is 0.609. The highest BCUT2D eigenvalue weighted by molar-refractivity contribution is 5.84. The fourth-order valence-corrected chi connectivity index (χ4v) is 4.84. The maximum absolute atomic E-state index is 3.84. The van der Waals surface area contributed by atoms with E-state index in [0.29, 0.717) is 6.04 Å². The van der Waals surface area contributed by atoms with E-state index in [0.717, 1.165) is 52.1 Å². The number of piperazine rings is 1. The Morgan fingerprint density at radius 3 is 2.57 bits per heavy atom. The monoisotopic (exact) mass is 374 g/mol. The molecule has 1 atom stereocenters. The molecule has 1 saturated heterocycles. The zero-order valence-corrected chi connectivity index (χ0v) is 16.5. The number of hydrogen-bond donors (Lipinski definition) is 2. The Hall–Kier alpha value is -2.30. The van der Waals surface area contributed by atoms with Crippen LogP contribution in [0.15, 0.2) is 54.6 Å². The molecule has 0 bridgehead atoms. The van der Waals surface area contributed by atoms with Crippen molar-refractivity contribution in [1.82, 2.24) is 15.2 Å². The summed E-state index contributed by atoms with van der Waals surface area (Å²) in [6, 6.07) is 20.2. The molecule has 1 aliphatic carbocycles. The lowest BCUT2D eigenvalue weighted by Crippen LogP contribution is -2.49. The van der Waals surface area contributed by atoms with Gasteiger partial charge in [0, 0.05) is 67.6 Å². The van der Waals surface area contributed by atoms with Crippen molar-refractivity contribution in [1.29, 1.82) is 0 Å². The Balaban J connectivity index is 1.10. The quantitative estimate of drug-likeness (QED) is 0.718. The summed E-state index contributed by atoms with van der Waals surface area (Å²) in [7, 11) is 0. The van der Waals surface area contributed by atoms with Gasteiger partial charge in [-0.3, -0.25) is 4.90 Å². The first kappa shape index (κ1) is 17.8. The van der Waals surface area contributed by atoms with Gasteiger partial charge in [0.05, 0.1) is 0 Å². The summed E-state index contributed by atoms with van der Waals surface area (Å²) >= 11 is 0. The van der Waals surface area contributed by atoms with Crippen molar-refractivity contribution >= 4 is 16.6 Å². The van der Waals surface area contributed by atoms with Gasteiger partial charge in [0.2, 0.25) is 0 Å². The smallest absolute Gasteiger partial charge is 0.0458 e. The third-order valence-corrected chi connectivity index (χ3v) is 6.45. The van der Waals surface area contributed by atoms with Crippen LogP contribution in [0.25, 0.3) is 10.9 Å². The summed E-state index contributed by atoms with van der Waals surface area (Å²) in [5.74, 6) is 0. The molecule has 146 valence electrons. The topological polar surface area (TPSA) is 34.3 Å². The molecule has 3 aromatic rings. The molecule has 2 heterocycles. The number of aryl methyl sites for hydroxylation is 1. The first-order chi connectivity index (χ1) is 13.9. The van der Waals surface area contributed by atoms with Crippen molar-refractivity contribution in [2.45, 2.75) is 25.3 Å². The second kappa shape index (κ2) is 7.98. The average Bonchev–Trinajstić information content (AvgIpc) is 3.13. The summed E-state index contributed by atoms with van der Waals surface area (Å²) in [6.07, 6.45) is 3.56. The van der Waals surface area contributed by atoms with Crippen molar-refractivity contribution in [3.63, 3.8) is 0 Å². The number of anilines is 1. The van der Waals surface area contributed by atoms with Crippen LogP contribution in [-0.2, 0) is 12.8 Å². The lowest BCUT2D eigenvalue weighted by molar-refractivity contribution is 0.252. The molecule has 5 rings (SSSR count). The molecular formula is C24H30N4. The van der Waals surface area contributed by atoms with Crippen molar-refractivity contribution < 1.29 is 0 Å². The van der Waals surface area contributed by atoms with Crippen LogP contribution in [-0.4, -0.2) is 55.2 Å². The van der Waals surface area contributed by atoms with Crippen LogP contribution in [0, 0.1) is 0 Å². The molecule has 0 spiro atoms. The lowest BCUT2D eigenvalue weighted by atomic mass is 9.91. The summed E-state index contributed by atoms with van der Waals surface area (Å²) in [4.78, 5) is 8.73. The minimum Gasteiger partial charge on any atom is -0.369 e. The van der Waals surface area contributed by atoms with Gasteiger partial charge in [0.25, 0.3) is 0 Å². The Morgan fingerprint density at radius 2 is 1.71 bits per heavy atom. The molecule has 0 unspecified atom stereocenters. The lowest BCUT2D eigenvalue weighted by Gasteiger charge is -2.36. The number of rotatable bonds is 5. The van der Waals surface area contributed by atoms with Crippen molar-refractivity contribution in [2.75, 3.05) is 44.2 Å². The number of nitrogens with one attached hydrogen (secondary N) is 2. The van der Waals surface area contributed by atoms with Crippen molar-refractivity contribution in [3.05, 3.63) is 65.9 Å². The maximum Gasteiger partial charge on any atom is 0.0458 e. The van der Waals surface area contributed by atoms with Gasteiger partial charge in [-0.15, -0.1) is 0 Å². The largest absolute Gasteiger partial charge is 0.369 e. The van der Waals surface area contributed by atoms with E-state index < -0.39 is 0 Å². The Morgan fingerprint density at radius 1 is 0.929 bits per heavy atom. The first-order valence-corrected chi connectivity index (χ1v) is 10.7. The van der Waals surface area contributed by atoms with Gasteiger partial charge < -0.3 is 15.2 Å². The van der Waals surface area contributed by atoms with Crippen LogP contribution in [0.3, 0.4) is 0 Å². The molecule has 0 amide bonds. The van der Waals surface area contributed by atoms with Crippen molar-refractivity contribution in [3.8, 4) is 0 Å². The van der Waals surface area contributed by atoms with Crippen LogP contribution in [0.4, 0.5) is 5.69 Å². The number of benzene rings is 2. The molecule has 1 aromatic heterocycles. The zero-order valence-electron chi connectivity index (χ0n) is 16.5. The van der Waals surface area contributed by atoms with Gasteiger partial charge in [0.1, 0.15) is 0 Å². The molecule has 4 nitrogen and oxygen atoms in total. The molecule has 1 aliphatic heterocycles. The fraction of sp³-hybridized carbons (Fsp3) is 0.417.